The summed E-state index contributed by atoms with van der Waals surface area (Å²) in [5, 5.41) is 12.3. The molecule has 1 aromatic rings. The first-order chi connectivity index (χ1) is 9.93. The van der Waals surface area contributed by atoms with Gasteiger partial charge >= 0.3 is 0 Å². The van der Waals surface area contributed by atoms with Gasteiger partial charge in [-0.2, -0.15) is 0 Å². The molecule has 118 valence electrons. The Bertz CT molecular complexity index is 419. The number of hydrogen-bond acceptors (Lipinski definition) is 3. The SMILES string of the molecule is CC(C)CN(CC(C)C)CC(C(N)=NO)c1ccccc1. The highest BCUT2D eigenvalue weighted by atomic mass is 16.4. The highest BCUT2D eigenvalue weighted by Crippen LogP contribution is 2.19. The average molecular weight is 291 g/mol. The minimum atomic E-state index is -0.0753. The van der Waals surface area contributed by atoms with E-state index in [0.29, 0.717) is 11.8 Å². The van der Waals surface area contributed by atoms with Gasteiger partial charge in [0.05, 0.1) is 5.92 Å². The molecule has 3 N–H and O–H groups in total. The summed E-state index contributed by atoms with van der Waals surface area (Å²) >= 11 is 0. The Morgan fingerprint density at radius 3 is 2.00 bits per heavy atom. The Morgan fingerprint density at radius 1 is 1.05 bits per heavy atom. The van der Waals surface area contributed by atoms with Gasteiger partial charge < -0.3 is 15.8 Å². The van der Waals surface area contributed by atoms with Gasteiger partial charge in [0.15, 0.2) is 0 Å². The molecular weight excluding hydrogens is 262 g/mol. The van der Waals surface area contributed by atoms with E-state index < -0.39 is 0 Å². The number of nitrogens with zero attached hydrogens (tertiary/aromatic N) is 2. The van der Waals surface area contributed by atoms with Gasteiger partial charge in [0.1, 0.15) is 5.84 Å². The van der Waals surface area contributed by atoms with Gasteiger partial charge in [0.2, 0.25) is 0 Å². The van der Waals surface area contributed by atoms with E-state index in [1.165, 1.54) is 0 Å². The third-order valence-corrected chi connectivity index (χ3v) is 3.36. The van der Waals surface area contributed by atoms with Crippen molar-refractivity contribution in [3.05, 3.63) is 35.9 Å². The lowest BCUT2D eigenvalue weighted by molar-refractivity contribution is 0.215. The second kappa shape index (κ2) is 8.67. The Labute approximate surface area is 128 Å². The summed E-state index contributed by atoms with van der Waals surface area (Å²) < 4.78 is 0. The fourth-order valence-electron chi connectivity index (χ4n) is 2.64. The normalized spacial score (nSPS) is 14.1. The van der Waals surface area contributed by atoms with Crippen LogP contribution in [0.15, 0.2) is 35.5 Å². The summed E-state index contributed by atoms with van der Waals surface area (Å²) in [5.74, 6) is 1.38. The fourth-order valence-corrected chi connectivity index (χ4v) is 2.64. The van der Waals surface area contributed by atoms with Crippen LogP contribution in [0.5, 0.6) is 0 Å². The summed E-state index contributed by atoms with van der Waals surface area (Å²) in [6, 6.07) is 10.0. The van der Waals surface area contributed by atoms with Gasteiger partial charge in [-0.1, -0.05) is 63.2 Å². The lowest BCUT2D eigenvalue weighted by Gasteiger charge is -2.30. The van der Waals surface area contributed by atoms with Gasteiger partial charge in [-0.05, 0) is 17.4 Å². The number of rotatable bonds is 8. The fraction of sp³-hybridized carbons (Fsp3) is 0.588. The third kappa shape index (κ3) is 6.17. The molecule has 4 nitrogen and oxygen atoms in total. The molecule has 0 aliphatic heterocycles. The molecule has 21 heavy (non-hydrogen) atoms. The molecule has 0 fully saturated rings. The lowest BCUT2D eigenvalue weighted by Crippen LogP contribution is -2.38. The smallest absolute Gasteiger partial charge is 0.147 e. The molecule has 0 saturated carbocycles. The second-order valence-electron chi connectivity index (χ2n) is 6.49. The maximum absolute atomic E-state index is 9.09. The Morgan fingerprint density at radius 2 is 1.57 bits per heavy atom. The summed E-state index contributed by atoms with van der Waals surface area (Å²) in [7, 11) is 0. The van der Waals surface area contributed by atoms with E-state index in [4.69, 9.17) is 10.9 Å². The van der Waals surface area contributed by atoms with Crippen LogP contribution in [0.4, 0.5) is 0 Å². The third-order valence-electron chi connectivity index (χ3n) is 3.36. The topological polar surface area (TPSA) is 61.8 Å². The second-order valence-corrected chi connectivity index (χ2v) is 6.49. The van der Waals surface area contributed by atoms with Crippen molar-refractivity contribution >= 4 is 5.84 Å². The zero-order chi connectivity index (χ0) is 15.8. The standard InChI is InChI=1S/C17H29N3O/c1-13(2)10-20(11-14(3)4)12-16(17(18)19-21)15-8-6-5-7-9-15/h5-9,13-14,16,21H,10-12H2,1-4H3,(H2,18,19). The van der Waals surface area contributed by atoms with Crippen LogP contribution in [0.1, 0.15) is 39.2 Å². The number of hydrogen-bond donors (Lipinski definition) is 2. The van der Waals surface area contributed by atoms with Crippen LogP contribution in [0, 0.1) is 11.8 Å². The van der Waals surface area contributed by atoms with Crippen molar-refractivity contribution in [2.45, 2.75) is 33.6 Å². The Kier molecular flexibility index (Phi) is 7.23. The number of oxime groups is 1. The molecule has 0 aromatic heterocycles. The predicted octanol–water partition coefficient (Wildman–Crippen LogP) is 3.13. The molecule has 0 spiro atoms. The van der Waals surface area contributed by atoms with Crippen molar-refractivity contribution in [2.75, 3.05) is 19.6 Å². The van der Waals surface area contributed by atoms with Crippen LogP contribution < -0.4 is 5.73 Å². The minimum Gasteiger partial charge on any atom is -0.409 e. The molecule has 1 aromatic carbocycles. The van der Waals surface area contributed by atoms with E-state index in [1.807, 2.05) is 30.3 Å². The molecule has 0 aliphatic rings. The van der Waals surface area contributed by atoms with E-state index in [0.717, 1.165) is 25.2 Å². The minimum absolute atomic E-state index is 0.0753. The molecule has 0 amide bonds. The molecule has 0 saturated heterocycles. The zero-order valence-corrected chi connectivity index (χ0v) is 13.7. The van der Waals surface area contributed by atoms with E-state index in [2.05, 4.69) is 37.8 Å². The molecule has 0 bridgehead atoms. The van der Waals surface area contributed by atoms with Crippen LogP contribution in [0.2, 0.25) is 0 Å². The van der Waals surface area contributed by atoms with Crippen molar-refractivity contribution in [2.24, 2.45) is 22.7 Å². The summed E-state index contributed by atoms with van der Waals surface area (Å²) in [6.07, 6.45) is 0. The quantitative estimate of drug-likeness (QED) is 0.335. The van der Waals surface area contributed by atoms with Gasteiger partial charge in [-0.3, -0.25) is 0 Å². The molecular formula is C17H29N3O. The van der Waals surface area contributed by atoms with Crippen LogP contribution in [0.25, 0.3) is 0 Å². The van der Waals surface area contributed by atoms with Crippen LogP contribution >= 0.6 is 0 Å². The predicted molar refractivity (Wildman–Crippen MR) is 88.7 cm³/mol. The van der Waals surface area contributed by atoms with Crippen molar-refractivity contribution in [3.8, 4) is 0 Å². The number of nitrogens with two attached hydrogens (primary N) is 1. The van der Waals surface area contributed by atoms with Crippen LogP contribution in [-0.2, 0) is 0 Å². The average Bonchev–Trinajstić information content (AvgIpc) is 2.43. The maximum atomic E-state index is 9.09. The Hall–Kier alpha value is -1.55. The van der Waals surface area contributed by atoms with E-state index in [-0.39, 0.29) is 11.8 Å². The number of amidine groups is 1. The first kappa shape index (κ1) is 17.5. The monoisotopic (exact) mass is 291 g/mol. The van der Waals surface area contributed by atoms with Crippen LogP contribution in [0.3, 0.4) is 0 Å². The maximum Gasteiger partial charge on any atom is 0.147 e. The van der Waals surface area contributed by atoms with Crippen molar-refractivity contribution in [1.82, 2.24) is 4.90 Å². The molecule has 1 atom stereocenters. The first-order valence-corrected chi connectivity index (χ1v) is 7.68. The van der Waals surface area contributed by atoms with Crippen molar-refractivity contribution < 1.29 is 5.21 Å². The summed E-state index contributed by atoms with van der Waals surface area (Å²) in [4.78, 5) is 2.41. The van der Waals surface area contributed by atoms with Crippen molar-refractivity contribution in [3.63, 3.8) is 0 Å². The van der Waals surface area contributed by atoms with E-state index >= 15 is 0 Å². The highest BCUT2D eigenvalue weighted by molar-refractivity contribution is 5.87. The largest absolute Gasteiger partial charge is 0.409 e. The van der Waals surface area contributed by atoms with E-state index in [9.17, 15) is 0 Å². The summed E-state index contributed by atoms with van der Waals surface area (Å²) in [6.45, 7) is 11.7. The summed E-state index contributed by atoms with van der Waals surface area (Å²) in [5.41, 5.74) is 7.02. The van der Waals surface area contributed by atoms with Crippen LogP contribution in [-0.4, -0.2) is 35.6 Å². The molecule has 0 radical (unpaired) electrons. The number of benzene rings is 1. The van der Waals surface area contributed by atoms with E-state index in [1.54, 1.807) is 0 Å². The van der Waals surface area contributed by atoms with Gasteiger partial charge in [0, 0.05) is 19.6 Å². The molecule has 0 heterocycles. The molecule has 4 heteroatoms. The molecule has 0 aliphatic carbocycles. The van der Waals surface area contributed by atoms with Gasteiger partial charge in [0.25, 0.3) is 0 Å². The highest BCUT2D eigenvalue weighted by Gasteiger charge is 2.21. The van der Waals surface area contributed by atoms with Gasteiger partial charge in [-0.15, -0.1) is 0 Å². The first-order valence-electron chi connectivity index (χ1n) is 7.68. The lowest BCUT2D eigenvalue weighted by atomic mass is 9.96. The van der Waals surface area contributed by atoms with Gasteiger partial charge in [-0.25, -0.2) is 0 Å². The van der Waals surface area contributed by atoms with Crippen molar-refractivity contribution in [1.29, 1.82) is 0 Å². The Balaban J connectivity index is 2.92. The molecule has 1 rings (SSSR count). The molecule has 1 unspecified atom stereocenters. The zero-order valence-electron chi connectivity index (χ0n) is 13.7.